The molecule has 1 unspecified atom stereocenters. The Hall–Kier alpha value is -2.90. The monoisotopic (exact) mass is 487 g/mol. The summed E-state index contributed by atoms with van der Waals surface area (Å²) < 4.78 is 21.9. The first-order valence-electron chi connectivity index (χ1n) is 11.4. The topological polar surface area (TPSA) is 88.8 Å². The number of ether oxygens (including phenoxy) is 1. The Labute approximate surface area is 201 Å². The fourth-order valence-corrected chi connectivity index (χ4v) is 5.24. The molecule has 1 atom stereocenters. The van der Waals surface area contributed by atoms with Gasteiger partial charge in [0, 0.05) is 24.1 Å². The van der Waals surface area contributed by atoms with Crippen LogP contribution in [-0.2, 0) is 6.42 Å². The number of carbonyl (C=O) groups is 1. The van der Waals surface area contributed by atoms with Gasteiger partial charge in [-0.15, -0.1) is 0 Å². The van der Waals surface area contributed by atoms with E-state index in [1.807, 2.05) is 0 Å². The highest BCUT2D eigenvalue weighted by Crippen LogP contribution is 2.36. The number of aromatic nitrogens is 1. The lowest BCUT2D eigenvalue weighted by atomic mass is 9.83. The molecule has 2 N–H and O–H groups in total. The molecule has 1 heterocycles. The van der Waals surface area contributed by atoms with E-state index in [4.69, 9.17) is 16.3 Å². The second kappa shape index (κ2) is 10.2. The van der Waals surface area contributed by atoms with Crippen LogP contribution in [0, 0.1) is 11.7 Å². The molecule has 3 aromatic rings. The highest BCUT2D eigenvalue weighted by Gasteiger charge is 2.28. The van der Waals surface area contributed by atoms with E-state index in [1.54, 1.807) is 28.8 Å². The molecule has 2 aromatic carbocycles. The maximum absolute atomic E-state index is 14.6. The van der Waals surface area contributed by atoms with Gasteiger partial charge in [-0.25, -0.2) is 9.18 Å². The van der Waals surface area contributed by atoms with Gasteiger partial charge in [0.15, 0.2) is 0 Å². The molecule has 0 bridgehead atoms. The molecule has 6 nitrogen and oxygen atoms in total. The molecule has 1 saturated carbocycles. The second-order valence-corrected chi connectivity index (χ2v) is 9.21. The number of hydrogen-bond acceptors (Lipinski definition) is 4. The molecule has 1 aliphatic rings. The molecular formula is C26H27ClFNO5. The molecule has 34 heavy (non-hydrogen) atoms. The molecular weight excluding hydrogens is 461 g/mol. The summed E-state index contributed by atoms with van der Waals surface area (Å²) in [5, 5.41) is 20.2. The maximum atomic E-state index is 14.6. The summed E-state index contributed by atoms with van der Waals surface area (Å²) >= 11 is 5.93. The van der Waals surface area contributed by atoms with E-state index in [2.05, 4.69) is 0 Å². The number of carboxylic acid groups (broad SMARTS) is 1. The van der Waals surface area contributed by atoms with E-state index < -0.39 is 17.2 Å². The van der Waals surface area contributed by atoms with Crippen molar-refractivity contribution in [3.05, 3.63) is 74.3 Å². The summed E-state index contributed by atoms with van der Waals surface area (Å²) in [6.45, 7) is -0.181. The van der Waals surface area contributed by atoms with Gasteiger partial charge in [0.1, 0.15) is 17.1 Å². The van der Waals surface area contributed by atoms with Crippen molar-refractivity contribution in [3.63, 3.8) is 0 Å². The summed E-state index contributed by atoms with van der Waals surface area (Å²) in [4.78, 5) is 25.1. The van der Waals surface area contributed by atoms with Crippen LogP contribution in [0.3, 0.4) is 0 Å². The predicted molar refractivity (Wildman–Crippen MR) is 129 cm³/mol. The van der Waals surface area contributed by atoms with Crippen LogP contribution in [0.1, 0.15) is 59.6 Å². The first-order valence-corrected chi connectivity index (χ1v) is 11.8. The molecule has 4 rings (SSSR count). The average Bonchev–Trinajstić information content (AvgIpc) is 2.84. The number of benzene rings is 2. The Balaban J connectivity index is 1.93. The Morgan fingerprint density at radius 2 is 1.97 bits per heavy atom. The third kappa shape index (κ3) is 4.55. The van der Waals surface area contributed by atoms with Crippen LogP contribution in [0.5, 0.6) is 5.75 Å². The highest BCUT2D eigenvalue weighted by atomic mass is 35.5. The standard InChI is InChI=1S/C26H27ClFNO5/c1-34-23-12-21-18(11-17(23)10-16-8-5-9-20(27)24(16)28)25(31)19(26(32)33)13-29(21)22(14-30)15-6-3-2-4-7-15/h5,8-9,11-13,15,22,30H,2-4,6-7,10,14H2,1H3,(H,32,33). The van der Waals surface area contributed by atoms with Crippen LogP contribution in [-0.4, -0.2) is 34.5 Å². The van der Waals surface area contributed by atoms with Gasteiger partial charge < -0.3 is 19.5 Å². The number of pyridine rings is 1. The normalized spacial score (nSPS) is 15.4. The van der Waals surface area contributed by atoms with Crippen LogP contribution < -0.4 is 10.2 Å². The van der Waals surface area contributed by atoms with Crippen LogP contribution >= 0.6 is 11.6 Å². The molecule has 1 aliphatic carbocycles. The number of hydrogen-bond donors (Lipinski definition) is 2. The number of aliphatic hydroxyl groups excluding tert-OH is 1. The number of aromatic carboxylic acids is 1. The predicted octanol–water partition coefficient (Wildman–Crippen LogP) is 5.21. The van der Waals surface area contributed by atoms with Gasteiger partial charge in [-0.05, 0) is 42.0 Å². The van der Waals surface area contributed by atoms with Crippen LogP contribution in [0.25, 0.3) is 10.9 Å². The van der Waals surface area contributed by atoms with Gasteiger partial charge >= 0.3 is 5.97 Å². The number of rotatable bonds is 7. The Kier molecular flexibility index (Phi) is 7.24. The zero-order valence-electron chi connectivity index (χ0n) is 18.9. The third-order valence-corrected chi connectivity index (χ3v) is 7.11. The zero-order valence-corrected chi connectivity index (χ0v) is 19.6. The molecule has 0 amide bonds. The van der Waals surface area contributed by atoms with E-state index >= 15 is 0 Å². The summed E-state index contributed by atoms with van der Waals surface area (Å²) in [5.41, 5.74) is 0.337. The Bertz CT molecular complexity index is 1280. The first-order chi connectivity index (χ1) is 16.3. The van der Waals surface area contributed by atoms with Gasteiger partial charge in [0.2, 0.25) is 5.43 Å². The minimum atomic E-state index is -1.33. The molecule has 0 spiro atoms. The van der Waals surface area contributed by atoms with E-state index in [0.717, 1.165) is 32.1 Å². The smallest absolute Gasteiger partial charge is 0.341 e. The van der Waals surface area contributed by atoms with E-state index in [-0.39, 0.29) is 41.0 Å². The van der Waals surface area contributed by atoms with E-state index in [0.29, 0.717) is 22.4 Å². The van der Waals surface area contributed by atoms with Crippen molar-refractivity contribution in [3.8, 4) is 5.75 Å². The number of carboxylic acids is 1. The number of halogens is 2. The van der Waals surface area contributed by atoms with Crippen molar-refractivity contribution >= 4 is 28.5 Å². The lowest BCUT2D eigenvalue weighted by Gasteiger charge is -2.32. The van der Waals surface area contributed by atoms with Gasteiger partial charge in [-0.1, -0.05) is 43.0 Å². The van der Waals surface area contributed by atoms with Crippen LogP contribution in [0.15, 0.2) is 41.3 Å². The molecule has 0 saturated heterocycles. The van der Waals surface area contributed by atoms with E-state index in [9.17, 15) is 24.2 Å². The Morgan fingerprint density at radius 1 is 1.24 bits per heavy atom. The zero-order chi connectivity index (χ0) is 24.4. The molecule has 8 heteroatoms. The van der Waals surface area contributed by atoms with Crippen molar-refractivity contribution in [1.82, 2.24) is 4.57 Å². The highest BCUT2D eigenvalue weighted by molar-refractivity contribution is 6.30. The lowest BCUT2D eigenvalue weighted by molar-refractivity contribution is 0.0693. The van der Waals surface area contributed by atoms with Gasteiger partial charge in [0.25, 0.3) is 0 Å². The quantitative estimate of drug-likeness (QED) is 0.478. The minimum Gasteiger partial charge on any atom is -0.496 e. The van der Waals surface area contributed by atoms with Crippen molar-refractivity contribution in [1.29, 1.82) is 0 Å². The summed E-state index contributed by atoms with van der Waals surface area (Å²) in [5.74, 6) is -1.29. The SMILES string of the molecule is COc1cc2c(cc1Cc1cccc(Cl)c1F)c(=O)c(C(=O)O)cn2C(CO)C1CCCCC1. The van der Waals surface area contributed by atoms with E-state index in [1.165, 1.54) is 19.4 Å². The summed E-state index contributed by atoms with van der Waals surface area (Å²) in [7, 11) is 1.48. The van der Waals surface area contributed by atoms with Gasteiger partial charge in [-0.3, -0.25) is 4.79 Å². The lowest BCUT2D eigenvalue weighted by Crippen LogP contribution is -2.28. The molecule has 0 radical (unpaired) electrons. The van der Waals surface area contributed by atoms with Crippen molar-refractivity contribution in [2.24, 2.45) is 5.92 Å². The summed E-state index contributed by atoms with van der Waals surface area (Å²) in [6, 6.07) is 7.56. The van der Waals surface area contributed by atoms with Crippen LogP contribution in [0.2, 0.25) is 5.02 Å². The van der Waals surface area contributed by atoms with Crippen molar-refractivity contribution in [2.75, 3.05) is 13.7 Å². The first kappa shape index (κ1) is 24.2. The largest absolute Gasteiger partial charge is 0.496 e. The molecule has 1 aromatic heterocycles. The maximum Gasteiger partial charge on any atom is 0.341 e. The second-order valence-electron chi connectivity index (χ2n) is 8.80. The average molecular weight is 488 g/mol. The number of aliphatic hydroxyl groups is 1. The van der Waals surface area contributed by atoms with Gasteiger partial charge in [-0.2, -0.15) is 0 Å². The number of fused-ring (bicyclic) bond motifs is 1. The number of methoxy groups -OCH3 is 1. The third-order valence-electron chi connectivity index (χ3n) is 6.82. The number of nitrogens with zero attached hydrogens (tertiary/aromatic N) is 1. The summed E-state index contributed by atoms with van der Waals surface area (Å²) in [6.07, 6.45) is 6.51. The molecule has 180 valence electrons. The fraction of sp³-hybridized carbons (Fsp3) is 0.385. The minimum absolute atomic E-state index is 0.00829. The van der Waals surface area contributed by atoms with Crippen LogP contribution in [0.4, 0.5) is 4.39 Å². The van der Waals surface area contributed by atoms with Gasteiger partial charge in [0.05, 0.1) is 30.3 Å². The fourth-order valence-electron chi connectivity index (χ4n) is 5.05. The molecule has 1 fully saturated rings. The molecule has 0 aliphatic heterocycles. The van der Waals surface area contributed by atoms with Crippen molar-refractivity contribution < 1.29 is 24.1 Å². The Morgan fingerprint density at radius 3 is 2.62 bits per heavy atom. The van der Waals surface area contributed by atoms with Crippen molar-refractivity contribution in [2.45, 2.75) is 44.6 Å².